The van der Waals surface area contributed by atoms with Crippen LogP contribution in [0.2, 0.25) is 0 Å². The van der Waals surface area contributed by atoms with Gasteiger partial charge in [0.1, 0.15) is 0 Å². The molecule has 1 aliphatic heterocycles. The van der Waals surface area contributed by atoms with Crippen molar-refractivity contribution in [1.82, 2.24) is 15.1 Å². The number of carbonyl (C=O) groups excluding carboxylic acids is 1. The molecule has 124 valence electrons. The first-order valence-electron chi connectivity index (χ1n) is 8.46. The molecule has 0 bridgehead atoms. The summed E-state index contributed by atoms with van der Waals surface area (Å²) in [6.07, 6.45) is 3.72. The smallest absolute Gasteiger partial charge is 0.317 e. The van der Waals surface area contributed by atoms with Crippen LogP contribution in [0.1, 0.15) is 38.0 Å². The van der Waals surface area contributed by atoms with E-state index in [2.05, 4.69) is 28.6 Å². The van der Waals surface area contributed by atoms with Crippen molar-refractivity contribution in [1.29, 1.82) is 0 Å². The highest BCUT2D eigenvalue weighted by Crippen LogP contribution is 2.15. The van der Waals surface area contributed by atoms with Gasteiger partial charge in [-0.25, -0.2) is 4.79 Å². The first kappa shape index (κ1) is 17.3. The summed E-state index contributed by atoms with van der Waals surface area (Å²) in [4.78, 5) is 17.8. The Bertz CT molecular complexity index is 435. The Morgan fingerprint density at radius 2 is 2.41 bits per heavy atom. The van der Waals surface area contributed by atoms with E-state index in [0.717, 1.165) is 32.0 Å². The molecule has 2 heterocycles. The topological polar surface area (TPSA) is 35.6 Å². The van der Waals surface area contributed by atoms with E-state index in [1.54, 1.807) is 11.3 Å². The molecular weight excluding hydrogens is 294 g/mol. The van der Waals surface area contributed by atoms with E-state index >= 15 is 0 Å². The number of carbonyl (C=O) groups is 1. The van der Waals surface area contributed by atoms with Crippen LogP contribution in [0.3, 0.4) is 0 Å². The number of likely N-dealkylation sites (tertiary alicyclic amines) is 1. The fraction of sp³-hybridized carbons (Fsp3) is 0.706. The molecule has 2 rings (SSSR count). The molecule has 4 nitrogen and oxygen atoms in total. The zero-order valence-corrected chi connectivity index (χ0v) is 14.7. The van der Waals surface area contributed by atoms with E-state index in [1.807, 2.05) is 17.9 Å². The molecule has 0 saturated carbocycles. The quantitative estimate of drug-likeness (QED) is 0.781. The lowest BCUT2D eigenvalue weighted by atomic mass is 10.0. The van der Waals surface area contributed by atoms with E-state index in [-0.39, 0.29) is 6.03 Å². The van der Waals surface area contributed by atoms with Crippen LogP contribution >= 0.6 is 11.3 Å². The van der Waals surface area contributed by atoms with E-state index in [1.165, 1.54) is 30.8 Å². The fourth-order valence-electron chi connectivity index (χ4n) is 3.02. The first-order chi connectivity index (χ1) is 10.7. The Balaban J connectivity index is 1.63. The number of amides is 2. The fourth-order valence-corrected chi connectivity index (χ4v) is 3.74. The zero-order chi connectivity index (χ0) is 15.8. The van der Waals surface area contributed by atoms with Crippen molar-refractivity contribution in [3.05, 3.63) is 22.4 Å². The van der Waals surface area contributed by atoms with Gasteiger partial charge in [-0.3, -0.25) is 0 Å². The second kappa shape index (κ2) is 9.16. The standard InChI is InChI=1S/C17H29N3OS/c1-3-20(14-16-8-5-12-22-16)17(21)18-9-6-11-19-10-4-7-15(2)13-19/h5,8,12,15H,3-4,6-7,9-11,13-14H2,1-2H3,(H,18,21). The van der Waals surface area contributed by atoms with E-state index < -0.39 is 0 Å². The summed E-state index contributed by atoms with van der Waals surface area (Å²) in [6.45, 7) is 10.1. The molecule has 0 aliphatic carbocycles. The minimum absolute atomic E-state index is 0.0583. The molecule has 1 saturated heterocycles. The predicted molar refractivity (Wildman–Crippen MR) is 93.3 cm³/mol. The van der Waals surface area contributed by atoms with Gasteiger partial charge < -0.3 is 15.1 Å². The van der Waals surface area contributed by atoms with Crippen LogP contribution in [0.4, 0.5) is 4.79 Å². The largest absolute Gasteiger partial charge is 0.338 e. The number of piperidine rings is 1. The van der Waals surface area contributed by atoms with Gasteiger partial charge in [0.15, 0.2) is 0 Å². The summed E-state index contributed by atoms with van der Waals surface area (Å²) in [5.74, 6) is 0.824. The normalized spacial score (nSPS) is 19.1. The second-order valence-electron chi connectivity index (χ2n) is 6.23. The minimum Gasteiger partial charge on any atom is -0.338 e. The Hall–Kier alpha value is -1.07. The maximum atomic E-state index is 12.2. The van der Waals surface area contributed by atoms with Gasteiger partial charge in [-0.1, -0.05) is 13.0 Å². The summed E-state index contributed by atoms with van der Waals surface area (Å²) in [6, 6.07) is 4.17. The Morgan fingerprint density at radius 3 is 3.09 bits per heavy atom. The van der Waals surface area contributed by atoms with Crippen LogP contribution in [-0.2, 0) is 6.54 Å². The number of urea groups is 1. The van der Waals surface area contributed by atoms with Crippen molar-refractivity contribution in [3.63, 3.8) is 0 Å². The third kappa shape index (κ3) is 5.61. The van der Waals surface area contributed by atoms with Crippen molar-refractivity contribution in [3.8, 4) is 0 Å². The van der Waals surface area contributed by atoms with Crippen LogP contribution in [0.5, 0.6) is 0 Å². The van der Waals surface area contributed by atoms with E-state index in [4.69, 9.17) is 0 Å². The molecule has 22 heavy (non-hydrogen) atoms. The van der Waals surface area contributed by atoms with Crippen LogP contribution in [0.25, 0.3) is 0 Å². The number of hydrogen-bond acceptors (Lipinski definition) is 3. The number of thiophene rings is 1. The Kier molecular flexibility index (Phi) is 7.19. The van der Waals surface area contributed by atoms with Gasteiger partial charge in [0.2, 0.25) is 0 Å². The second-order valence-corrected chi connectivity index (χ2v) is 7.26. The lowest BCUT2D eigenvalue weighted by Gasteiger charge is -2.30. The number of rotatable bonds is 7. The van der Waals surface area contributed by atoms with Crippen LogP contribution in [0, 0.1) is 5.92 Å². The molecule has 2 amide bonds. The maximum absolute atomic E-state index is 12.2. The third-order valence-electron chi connectivity index (χ3n) is 4.26. The van der Waals surface area contributed by atoms with Gasteiger partial charge >= 0.3 is 6.03 Å². The van der Waals surface area contributed by atoms with Gasteiger partial charge in [0, 0.05) is 24.5 Å². The molecule has 0 spiro atoms. The SMILES string of the molecule is CCN(Cc1cccs1)C(=O)NCCCN1CCCC(C)C1. The number of nitrogens with zero attached hydrogens (tertiary/aromatic N) is 2. The van der Waals surface area contributed by atoms with Gasteiger partial charge in [-0.05, 0) is 56.6 Å². The average molecular weight is 324 g/mol. The lowest BCUT2D eigenvalue weighted by Crippen LogP contribution is -2.41. The Labute approximate surface area is 138 Å². The van der Waals surface area contributed by atoms with Gasteiger partial charge in [-0.15, -0.1) is 11.3 Å². The number of nitrogens with one attached hydrogen (secondary N) is 1. The highest BCUT2D eigenvalue weighted by atomic mass is 32.1. The van der Waals surface area contributed by atoms with Crippen molar-refractivity contribution >= 4 is 17.4 Å². The van der Waals surface area contributed by atoms with Crippen molar-refractivity contribution < 1.29 is 4.79 Å². The maximum Gasteiger partial charge on any atom is 0.317 e. The van der Waals surface area contributed by atoms with Crippen LogP contribution < -0.4 is 5.32 Å². The summed E-state index contributed by atoms with van der Waals surface area (Å²) >= 11 is 1.70. The highest BCUT2D eigenvalue weighted by molar-refractivity contribution is 7.09. The summed E-state index contributed by atoms with van der Waals surface area (Å²) in [5, 5.41) is 5.12. The minimum atomic E-state index is 0.0583. The molecule has 1 atom stereocenters. The van der Waals surface area contributed by atoms with Gasteiger partial charge in [-0.2, -0.15) is 0 Å². The van der Waals surface area contributed by atoms with Crippen molar-refractivity contribution in [2.75, 3.05) is 32.7 Å². The molecule has 1 aromatic heterocycles. The van der Waals surface area contributed by atoms with Crippen LogP contribution in [0.15, 0.2) is 17.5 Å². The monoisotopic (exact) mass is 323 g/mol. The highest BCUT2D eigenvalue weighted by Gasteiger charge is 2.16. The molecule has 5 heteroatoms. The van der Waals surface area contributed by atoms with Crippen molar-refractivity contribution in [2.24, 2.45) is 5.92 Å². The zero-order valence-electron chi connectivity index (χ0n) is 13.9. The molecule has 0 aromatic carbocycles. The Morgan fingerprint density at radius 1 is 1.55 bits per heavy atom. The third-order valence-corrected chi connectivity index (χ3v) is 5.13. The van der Waals surface area contributed by atoms with E-state index in [9.17, 15) is 4.79 Å². The molecule has 1 N–H and O–H groups in total. The summed E-state index contributed by atoms with van der Waals surface area (Å²) in [7, 11) is 0. The molecular formula is C17H29N3OS. The summed E-state index contributed by atoms with van der Waals surface area (Å²) in [5.41, 5.74) is 0. The van der Waals surface area contributed by atoms with Crippen LogP contribution in [-0.4, -0.2) is 48.6 Å². The van der Waals surface area contributed by atoms with Gasteiger partial charge in [0.05, 0.1) is 6.54 Å². The molecule has 1 aliphatic rings. The molecule has 1 aromatic rings. The summed E-state index contributed by atoms with van der Waals surface area (Å²) < 4.78 is 0. The predicted octanol–water partition coefficient (Wildman–Crippen LogP) is 3.40. The van der Waals surface area contributed by atoms with Gasteiger partial charge in [0.25, 0.3) is 0 Å². The van der Waals surface area contributed by atoms with E-state index in [0.29, 0.717) is 6.54 Å². The molecule has 1 fully saturated rings. The number of hydrogen-bond donors (Lipinski definition) is 1. The van der Waals surface area contributed by atoms with Crippen molar-refractivity contribution in [2.45, 2.75) is 39.7 Å². The molecule has 1 unspecified atom stereocenters. The molecule has 0 radical (unpaired) electrons. The lowest BCUT2D eigenvalue weighted by molar-refractivity contribution is 0.178. The average Bonchev–Trinajstić information content (AvgIpc) is 3.02. The first-order valence-corrected chi connectivity index (χ1v) is 9.34.